The molecule has 0 aromatic heterocycles. The number of nitrogens with one attached hydrogen (secondary N) is 2. The topological polar surface area (TPSA) is 123 Å². The van der Waals surface area contributed by atoms with E-state index < -0.39 is 28.4 Å². The van der Waals surface area contributed by atoms with Gasteiger partial charge in [-0.05, 0) is 55.0 Å². The minimum atomic E-state index is -3.80. The first-order valence-electron chi connectivity index (χ1n) is 10.3. The Morgan fingerprint density at radius 3 is 2.29 bits per heavy atom. The van der Waals surface area contributed by atoms with Gasteiger partial charge in [0.1, 0.15) is 0 Å². The minimum Gasteiger partial charge on any atom is -0.490 e. The van der Waals surface area contributed by atoms with Crippen molar-refractivity contribution in [2.45, 2.75) is 11.8 Å². The zero-order valence-electron chi connectivity index (χ0n) is 18.3. The van der Waals surface area contributed by atoms with E-state index in [2.05, 4.69) is 15.2 Å². The Morgan fingerprint density at radius 1 is 0.941 bits per heavy atom. The summed E-state index contributed by atoms with van der Waals surface area (Å²) in [5.41, 5.74) is 3.22. The van der Waals surface area contributed by atoms with Crippen molar-refractivity contribution in [1.82, 2.24) is 10.1 Å². The molecule has 0 spiro atoms. The Hall–Kier alpha value is -4.02. The van der Waals surface area contributed by atoms with Gasteiger partial charge in [0.25, 0.3) is 5.91 Å². The summed E-state index contributed by atoms with van der Waals surface area (Å²) < 4.78 is 37.5. The number of sulfonamides is 1. The van der Waals surface area contributed by atoms with Crippen LogP contribution in [0.2, 0.25) is 0 Å². The molecular weight excluding hydrogens is 458 g/mol. The number of rotatable bonds is 10. The summed E-state index contributed by atoms with van der Waals surface area (Å²) in [5.74, 6) is -0.590. The predicted octanol–water partition coefficient (Wildman–Crippen LogP) is 2.73. The molecule has 0 unspecified atom stereocenters. The Kier molecular flexibility index (Phi) is 8.49. The van der Waals surface area contributed by atoms with Crippen LogP contribution < -0.4 is 19.6 Å². The molecule has 3 aromatic carbocycles. The van der Waals surface area contributed by atoms with Crippen molar-refractivity contribution in [2.24, 2.45) is 5.10 Å². The van der Waals surface area contributed by atoms with E-state index >= 15 is 0 Å². The molecule has 1 amide bonds. The Morgan fingerprint density at radius 2 is 1.62 bits per heavy atom. The van der Waals surface area contributed by atoms with Crippen LogP contribution in [0, 0.1) is 0 Å². The first kappa shape index (κ1) is 24.6. The zero-order chi connectivity index (χ0) is 24.4. The highest BCUT2D eigenvalue weighted by Crippen LogP contribution is 2.29. The number of benzene rings is 3. The maximum atomic E-state index is 12.3. The molecule has 0 aliphatic carbocycles. The van der Waals surface area contributed by atoms with Crippen molar-refractivity contribution in [3.05, 3.63) is 90.0 Å². The summed E-state index contributed by atoms with van der Waals surface area (Å²) in [6, 6.07) is 21.1. The molecule has 0 atom stereocenters. The van der Waals surface area contributed by atoms with E-state index in [4.69, 9.17) is 9.47 Å². The highest BCUT2D eigenvalue weighted by molar-refractivity contribution is 7.89. The highest BCUT2D eigenvalue weighted by Gasteiger charge is 2.15. The van der Waals surface area contributed by atoms with Gasteiger partial charge in [-0.1, -0.05) is 36.4 Å². The number of esters is 1. The van der Waals surface area contributed by atoms with Gasteiger partial charge >= 0.3 is 5.97 Å². The standard InChI is InChI=1S/C24H23N3O6S/c1-2-32-22-15-18(13-14-21(22)33-24(29)19-9-5-3-6-10-19)16-25-27-23(28)17-26-34(30,31)20-11-7-4-8-12-20/h3-16,26H,2,17H2,1H3,(H,27,28)/b25-16+. The second-order valence-corrected chi connectivity index (χ2v) is 8.59. The van der Waals surface area contributed by atoms with E-state index in [0.29, 0.717) is 23.5 Å². The summed E-state index contributed by atoms with van der Waals surface area (Å²) in [6.45, 7) is 1.65. The molecule has 0 fully saturated rings. The fraction of sp³-hybridized carbons (Fsp3) is 0.125. The molecule has 10 heteroatoms. The van der Waals surface area contributed by atoms with Crippen LogP contribution >= 0.6 is 0 Å². The van der Waals surface area contributed by atoms with Crippen LogP contribution in [0.5, 0.6) is 11.5 Å². The molecular formula is C24H23N3O6S. The van der Waals surface area contributed by atoms with Crippen molar-refractivity contribution in [3.8, 4) is 11.5 Å². The predicted molar refractivity (Wildman–Crippen MR) is 126 cm³/mol. The largest absolute Gasteiger partial charge is 0.490 e. The lowest BCUT2D eigenvalue weighted by Crippen LogP contribution is -2.34. The summed E-state index contributed by atoms with van der Waals surface area (Å²) in [5, 5.41) is 3.83. The fourth-order valence-corrected chi connectivity index (χ4v) is 3.76. The third kappa shape index (κ3) is 6.99. The van der Waals surface area contributed by atoms with Crippen LogP contribution in [0.25, 0.3) is 0 Å². The summed E-state index contributed by atoms with van der Waals surface area (Å²) in [6.07, 6.45) is 1.36. The molecule has 0 aliphatic rings. The van der Waals surface area contributed by atoms with Gasteiger partial charge in [-0.2, -0.15) is 5.10 Å². The Bertz CT molecular complexity index is 1260. The molecule has 0 saturated heterocycles. The van der Waals surface area contributed by atoms with E-state index in [9.17, 15) is 18.0 Å². The number of hydrogen-bond donors (Lipinski definition) is 2. The van der Waals surface area contributed by atoms with Gasteiger partial charge in [-0.3, -0.25) is 4.79 Å². The molecule has 3 aromatic rings. The summed E-state index contributed by atoms with van der Waals surface area (Å²) in [7, 11) is -3.80. The fourth-order valence-electron chi connectivity index (χ4n) is 2.75. The van der Waals surface area contributed by atoms with Gasteiger partial charge in [-0.25, -0.2) is 23.4 Å². The number of hydrazone groups is 1. The quantitative estimate of drug-likeness (QED) is 0.199. The maximum Gasteiger partial charge on any atom is 0.343 e. The second-order valence-electron chi connectivity index (χ2n) is 6.83. The van der Waals surface area contributed by atoms with Crippen LogP contribution in [0.15, 0.2) is 88.9 Å². The smallest absolute Gasteiger partial charge is 0.343 e. The van der Waals surface area contributed by atoms with Crippen molar-refractivity contribution in [3.63, 3.8) is 0 Å². The average Bonchev–Trinajstić information content (AvgIpc) is 2.85. The lowest BCUT2D eigenvalue weighted by Gasteiger charge is -2.11. The molecule has 176 valence electrons. The minimum absolute atomic E-state index is 0.0582. The average molecular weight is 482 g/mol. The van der Waals surface area contributed by atoms with Crippen molar-refractivity contribution in [1.29, 1.82) is 0 Å². The molecule has 0 bridgehead atoms. The summed E-state index contributed by atoms with van der Waals surface area (Å²) >= 11 is 0. The number of amides is 1. The molecule has 9 nitrogen and oxygen atoms in total. The monoisotopic (exact) mass is 481 g/mol. The SMILES string of the molecule is CCOc1cc(/C=N/NC(=O)CNS(=O)(=O)c2ccccc2)ccc1OC(=O)c1ccccc1. The van der Waals surface area contributed by atoms with Gasteiger partial charge < -0.3 is 9.47 Å². The Labute approximate surface area is 197 Å². The molecule has 0 aliphatic heterocycles. The van der Waals surface area contributed by atoms with Crippen LogP contribution in [0.3, 0.4) is 0 Å². The van der Waals surface area contributed by atoms with Gasteiger partial charge in [0.15, 0.2) is 11.5 Å². The number of ether oxygens (including phenoxy) is 2. The molecule has 3 rings (SSSR count). The molecule has 2 N–H and O–H groups in total. The molecule has 0 radical (unpaired) electrons. The maximum absolute atomic E-state index is 12.3. The number of hydrogen-bond acceptors (Lipinski definition) is 7. The third-order valence-corrected chi connectivity index (χ3v) is 5.78. The first-order chi connectivity index (χ1) is 16.4. The van der Waals surface area contributed by atoms with Crippen molar-refractivity contribution >= 4 is 28.1 Å². The molecule has 0 heterocycles. The molecule has 0 saturated carbocycles. The van der Waals surface area contributed by atoms with Crippen molar-refractivity contribution in [2.75, 3.05) is 13.2 Å². The van der Waals surface area contributed by atoms with E-state index in [0.717, 1.165) is 0 Å². The third-order valence-electron chi connectivity index (χ3n) is 4.36. The van der Waals surface area contributed by atoms with Gasteiger partial charge in [0.2, 0.25) is 10.0 Å². The second kappa shape index (κ2) is 11.7. The van der Waals surface area contributed by atoms with Crippen LogP contribution in [0.4, 0.5) is 0 Å². The van der Waals surface area contributed by atoms with Gasteiger partial charge in [0, 0.05) is 0 Å². The van der Waals surface area contributed by atoms with Gasteiger partial charge in [0.05, 0.1) is 29.8 Å². The number of nitrogens with zero attached hydrogens (tertiary/aromatic N) is 1. The lowest BCUT2D eigenvalue weighted by molar-refractivity contribution is -0.119. The summed E-state index contributed by atoms with van der Waals surface area (Å²) in [4.78, 5) is 24.3. The number of carbonyl (C=O) groups excluding carboxylic acids is 2. The Balaban J connectivity index is 1.59. The lowest BCUT2D eigenvalue weighted by atomic mass is 10.2. The zero-order valence-corrected chi connectivity index (χ0v) is 19.1. The van der Waals surface area contributed by atoms with E-state index in [1.807, 2.05) is 0 Å². The number of carbonyl (C=O) groups is 2. The van der Waals surface area contributed by atoms with Crippen LogP contribution in [0.1, 0.15) is 22.8 Å². The normalized spacial score (nSPS) is 11.2. The van der Waals surface area contributed by atoms with E-state index in [1.54, 1.807) is 73.7 Å². The molecule has 34 heavy (non-hydrogen) atoms. The van der Waals surface area contributed by atoms with Crippen LogP contribution in [-0.4, -0.2) is 39.7 Å². The van der Waals surface area contributed by atoms with E-state index in [1.165, 1.54) is 18.3 Å². The first-order valence-corrected chi connectivity index (χ1v) is 11.8. The highest BCUT2D eigenvalue weighted by atomic mass is 32.2. The van der Waals surface area contributed by atoms with Crippen LogP contribution in [-0.2, 0) is 14.8 Å². The van der Waals surface area contributed by atoms with Gasteiger partial charge in [-0.15, -0.1) is 0 Å². The van der Waals surface area contributed by atoms with E-state index in [-0.39, 0.29) is 10.6 Å². The van der Waals surface area contributed by atoms with Crippen molar-refractivity contribution < 1.29 is 27.5 Å².